The molecule has 0 aliphatic heterocycles. The lowest BCUT2D eigenvalue weighted by Gasteiger charge is -2.11. The number of halogens is 6. The fraction of sp³-hybridized carbons (Fsp3) is 0.222. The van der Waals surface area contributed by atoms with Crippen molar-refractivity contribution in [1.82, 2.24) is 26.0 Å². The Kier molecular flexibility index (Phi) is 47.5. The first-order chi connectivity index (χ1) is 61.8. The fourth-order valence-electron chi connectivity index (χ4n) is 10.3. The lowest BCUT2D eigenvalue weighted by Crippen LogP contribution is -2.30. The smallest absolute Gasteiger partial charge is 0.265 e. The topological polar surface area (TPSA) is 451 Å². The Hall–Kier alpha value is -12.2. The Balaban J connectivity index is 0.000000290. The number of terminal acetylenes is 1. The molecule has 10 aromatic rings. The van der Waals surface area contributed by atoms with Crippen molar-refractivity contribution in [3.8, 4) is 47.2 Å². The summed E-state index contributed by atoms with van der Waals surface area (Å²) in [6, 6.07) is 57.2. The van der Waals surface area contributed by atoms with Gasteiger partial charge in [-0.1, -0.05) is 90.6 Å². The van der Waals surface area contributed by atoms with E-state index < -0.39 is 51.2 Å². The van der Waals surface area contributed by atoms with Crippen LogP contribution in [-0.2, 0) is 117 Å². The van der Waals surface area contributed by atoms with E-state index in [1.54, 1.807) is 97.1 Å². The van der Waals surface area contributed by atoms with Crippen LogP contribution in [0.15, 0.2) is 250 Å². The van der Waals surface area contributed by atoms with Gasteiger partial charge in [-0.2, -0.15) is 0 Å². The quantitative estimate of drug-likeness (QED) is 0.00589. The second-order valence-electron chi connectivity index (χ2n) is 26.7. The number of hydrogen-bond acceptors (Lipinski definition) is 22. The average Bonchev–Trinajstić information content (AvgIpc) is 0.810. The summed E-state index contributed by atoms with van der Waals surface area (Å²) in [6.07, 6.45) is 7.61. The van der Waals surface area contributed by atoms with Crippen molar-refractivity contribution in [3.05, 3.63) is 307 Å². The molecule has 11 N–H and O–H groups in total. The number of sulfonamides is 4. The minimum atomic E-state index is -4.09. The molecule has 692 valence electrons. The SMILES string of the molecule is C#CCNC(=O)COCc1ccc(F)cc1.COc1ccc(C(=O)Cl)cc1OC.COc1ccc(C(=O)NS(=O)(=O)c2ccc(CCCNC(=O)COCc3ccc(F)cc3)cc2)cc1OC.NS(=O)(=O)c1ccc(C#CCNC(=O)COCc2ccc(F)cc2)cc1.NS(=O)(=O)c1ccc(CCCNC(=O)COCc2ccc(F)cc2)cc1.NS(=O)(=O)c1ccc(I)cc1. The molecule has 0 aliphatic rings. The van der Waals surface area contributed by atoms with E-state index in [1.807, 2.05) is 0 Å². The van der Waals surface area contributed by atoms with E-state index in [-0.39, 0.29) is 138 Å². The molecule has 5 amide bonds. The number of nitrogens with two attached hydrogens (primary N) is 3. The Morgan fingerprint density at radius 3 is 1.02 bits per heavy atom. The zero-order chi connectivity index (χ0) is 95.7. The zero-order valence-electron chi connectivity index (χ0n) is 70.4. The first-order valence-corrected chi connectivity index (χ1v) is 46.0. The summed E-state index contributed by atoms with van der Waals surface area (Å²) in [4.78, 5) is 69.7. The van der Waals surface area contributed by atoms with Crippen LogP contribution in [0.3, 0.4) is 0 Å². The molecule has 0 bridgehead atoms. The Bertz CT molecular complexity index is 5920. The monoisotopic (exact) mass is 2000 g/mol. The van der Waals surface area contributed by atoms with E-state index in [0.717, 1.165) is 37.0 Å². The highest BCUT2D eigenvalue weighted by atomic mass is 127. The molecule has 40 heteroatoms. The predicted molar refractivity (Wildman–Crippen MR) is 485 cm³/mol. The minimum absolute atomic E-state index is 0.00894. The molecular weight excluding hydrogens is 1910 g/mol. The first kappa shape index (κ1) is 108. The number of ether oxygens (including phenoxy) is 8. The van der Waals surface area contributed by atoms with Crippen molar-refractivity contribution in [1.29, 1.82) is 0 Å². The number of primary sulfonamides is 3. The van der Waals surface area contributed by atoms with Crippen molar-refractivity contribution in [2.24, 2.45) is 15.4 Å². The zero-order valence-corrected chi connectivity index (χ0v) is 76.6. The number of amides is 5. The van der Waals surface area contributed by atoms with Gasteiger partial charge in [-0.3, -0.25) is 28.8 Å². The summed E-state index contributed by atoms with van der Waals surface area (Å²) in [5.74, 6) is 6.45. The summed E-state index contributed by atoms with van der Waals surface area (Å²) in [5.41, 5.74) is 6.06. The van der Waals surface area contributed by atoms with E-state index in [9.17, 15) is 80.0 Å². The van der Waals surface area contributed by atoms with E-state index in [1.165, 1.54) is 162 Å². The summed E-state index contributed by atoms with van der Waals surface area (Å²) in [6.45, 7) is 1.76. The second kappa shape index (κ2) is 57.0. The van der Waals surface area contributed by atoms with Gasteiger partial charge < -0.3 is 59.2 Å². The molecule has 0 aliphatic carbocycles. The van der Waals surface area contributed by atoms with Crippen LogP contribution in [0.4, 0.5) is 17.6 Å². The normalized spacial score (nSPS) is 10.7. The molecule has 0 atom stereocenters. The molecule has 0 aromatic heterocycles. The third-order valence-electron chi connectivity index (χ3n) is 16.9. The molecule has 10 rings (SSSR count). The third-order valence-corrected chi connectivity index (χ3v) is 21.9. The Morgan fingerprint density at radius 1 is 0.385 bits per heavy atom. The number of carbonyl (C=O) groups is 6. The van der Waals surface area contributed by atoms with Crippen LogP contribution in [0.2, 0.25) is 0 Å². The minimum Gasteiger partial charge on any atom is -0.493 e. The average molecular weight is 2010 g/mol. The highest BCUT2D eigenvalue weighted by Crippen LogP contribution is 2.30. The van der Waals surface area contributed by atoms with Gasteiger partial charge in [0.2, 0.25) is 53.7 Å². The predicted octanol–water partition coefficient (Wildman–Crippen LogP) is 10.2. The van der Waals surface area contributed by atoms with E-state index >= 15 is 0 Å². The van der Waals surface area contributed by atoms with Gasteiger partial charge in [0.05, 0.1) is 87.5 Å². The Morgan fingerprint density at radius 2 is 0.685 bits per heavy atom. The molecule has 130 heavy (non-hydrogen) atoms. The van der Waals surface area contributed by atoms with Crippen molar-refractivity contribution in [2.75, 3.05) is 81.0 Å². The van der Waals surface area contributed by atoms with Crippen LogP contribution in [0, 0.1) is 51.0 Å². The maximum absolute atomic E-state index is 12.9. The van der Waals surface area contributed by atoms with Gasteiger partial charge in [-0.25, -0.2) is 71.4 Å². The molecule has 0 unspecified atom stereocenters. The number of rotatable bonds is 37. The van der Waals surface area contributed by atoms with Gasteiger partial charge in [-0.15, -0.1) is 6.42 Å². The maximum atomic E-state index is 12.9. The van der Waals surface area contributed by atoms with Crippen LogP contribution >= 0.6 is 34.2 Å². The number of hydrogen-bond donors (Lipinski definition) is 8. The second-order valence-corrected chi connectivity index (χ2v) is 34.6. The molecule has 30 nitrogen and oxygen atoms in total. The van der Waals surface area contributed by atoms with Gasteiger partial charge >= 0.3 is 0 Å². The van der Waals surface area contributed by atoms with Crippen molar-refractivity contribution in [2.45, 2.75) is 71.7 Å². The molecule has 0 spiro atoms. The number of nitrogens with one attached hydrogen (secondary N) is 5. The van der Waals surface area contributed by atoms with Crippen LogP contribution in [0.5, 0.6) is 23.0 Å². The number of methoxy groups -OCH3 is 4. The van der Waals surface area contributed by atoms with Gasteiger partial charge in [0, 0.05) is 33.4 Å². The molecular formula is C90H94ClF4IN8O22S4. The van der Waals surface area contributed by atoms with Crippen LogP contribution in [-0.4, -0.2) is 149 Å². The highest BCUT2D eigenvalue weighted by Gasteiger charge is 2.21. The number of carbonyl (C=O) groups excluding carboxylic acids is 6. The van der Waals surface area contributed by atoms with Crippen LogP contribution in [0.1, 0.15) is 72.5 Å². The van der Waals surface area contributed by atoms with Crippen molar-refractivity contribution < 1.29 is 118 Å². The fourth-order valence-corrected chi connectivity index (χ4v) is 13.3. The lowest BCUT2D eigenvalue weighted by atomic mass is 10.1. The Labute approximate surface area is 770 Å². The lowest BCUT2D eigenvalue weighted by molar-refractivity contribution is -0.126. The molecule has 0 radical (unpaired) electrons. The largest absolute Gasteiger partial charge is 0.493 e. The maximum Gasteiger partial charge on any atom is 0.265 e. The summed E-state index contributed by atoms with van der Waals surface area (Å²) in [7, 11) is -9.11. The molecule has 0 heterocycles. The molecule has 10 aromatic carbocycles. The first-order valence-electron chi connectivity index (χ1n) is 38.4. The molecule has 0 saturated carbocycles. The third kappa shape index (κ3) is 43.3. The number of aryl methyl sites for hydroxylation is 2. The standard InChI is InChI=1S/C27H29FN2O7S.C18H21FN2O4S.C18H17FN2O4S.C12H12FNO2.C9H9ClO3.C6H6INO2S/c1-35-24-14-9-21(16-25(24)36-2)27(32)30-38(33,34)23-12-7-19(8-13-23)4-3-15-29-26(31)18-37-17-20-5-10-22(28)11-6-20;2*19-16-7-3-15(4-8-16)12-25-13-18(22)21-11-1-2-14-5-9-17(10-6-14)26(20,23)24;1-2-7-14-12(15)9-16-8-10-3-5-11(13)6-4-10;1-12-7-4-3-6(9(10)11)5-8(7)13-2;7-5-1-3-6(4-2-5)11(8,9)10/h5-14,16H,3-4,15,17-18H2,1-2H3,(H,29,31)(H,30,32);3-10H,1-2,11-13H2,(H,21,22)(H2,20,23,24);3-10H,11-13H2,(H,21,22)(H2,20,23,24);1,3-6H,7-9H2,(H,14,15);3-5H,1-2H3;1-4H,(H2,8,9,10). The van der Waals surface area contributed by atoms with Gasteiger partial charge in [0.25, 0.3) is 21.2 Å². The number of benzene rings is 10. The van der Waals surface area contributed by atoms with Crippen LogP contribution < -0.4 is 60.4 Å². The highest BCUT2D eigenvalue weighted by molar-refractivity contribution is 14.1. The van der Waals surface area contributed by atoms with Gasteiger partial charge in [0.15, 0.2) is 23.0 Å². The summed E-state index contributed by atoms with van der Waals surface area (Å²) < 4.78 is 187. The van der Waals surface area contributed by atoms with Crippen molar-refractivity contribution in [3.63, 3.8) is 0 Å². The van der Waals surface area contributed by atoms with E-state index in [2.05, 4.69) is 66.3 Å². The van der Waals surface area contributed by atoms with Crippen LogP contribution in [0.25, 0.3) is 0 Å². The summed E-state index contributed by atoms with van der Waals surface area (Å²) >= 11 is 7.38. The summed E-state index contributed by atoms with van der Waals surface area (Å²) in [5, 5.41) is 24.9. The van der Waals surface area contributed by atoms with E-state index in [0.29, 0.717) is 72.9 Å². The van der Waals surface area contributed by atoms with Gasteiger partial charge in [-0.05, 0) is 251 Å². The van der Waals surface area contributed by atoms with Crippen molar-refractivity contribution >= 4 is 109 Å². The molecule has 0 saturated heterocycles. The van der Waals surface area contributed by atoms with Gasteiger partial charge in [0.1, 0.15) is 49.7 Å². The van der Waals surface area contributed by atoms with E-state index in [4.69, 9.17) is 71.3 Å². The molecule has 0 fully saturated rings.